The first-order valence-electron chi connectivity index (χ1n) is 12.3. The number of hydrogen-bond donors (Lipinski definition) is 0. The molecule has 5 rings (SSSR count). The van der Waals surface area contributed by atoms with E-state index in [1.54, 1.807) is 59.5 Å². The first-order valence-corrected chi connectivity index (χ1v) is 12.3. The number of imide groups is 1. The topological polar surface area (TPSA) is 92.1 Å². The summed E-state index contributed by atoms with van der Waals surface area (Å²) < 4.78 is 46.1. The molecule has 0 saturated carbocycles. The van der Waals surface area contributed by atoms with Crippen molar-refractivity contribution >= 4 is 17.5 Å². The fourth-order valence-electron chi connectivity index (χ4n) is 4.74. The molecule has 0 aliphatic carbocycles. The van der Waals surface area contributed by atoms with Crippen LogP contribution >= 0.6 is 0 Å². The molecule has 3 aromatic carbocycles. The molecule has 0 radical (unpaired) electrons. The van der Waals surface area contributed by atoms with E-state index in [-0.39, 0.29) is 32.1 Å². The van der Waals surface area contributed by atoms with Gasteiger partial charge in [0.05, 0.1) is 55.7 Å². The van der Waals surface area contributed by atoms with Crippen molar-refractivity contribution in [3.63, 3.8) is 0 Å². The van der Waals surface area contributed by atoms with Gasteiger partial charge in [-0.05, 0) is 54.1 Å². The van der Waals surface area contributed by atoms with Crippen LogP contribution in [0, 0.1) is 17.1 Å². The van der Waals surface area contributed by atoms with Gasteiger partial charge in [0.2, 0.25) is 0 Å². The lowest BCUT2D eigenvalue weighted by Gasteiger charge is -2.36. The zero-order chi connectivity index (χ0) is 27.5. The van der Waals surface area contributed by atoms with E-state index in [2.05, 4.69) is 0 Å². The van der Waals surface area contributed by atoms with Crippen LogP contribution in [0.25, 0.3) is 0 Å². The summed E-state index contributed by atoms with van der Waals surface area (Å²) in [6.45, 7) is -0.145. The van der Waals surface area contributed by atoms with Crippen LogP contribution in [0.15, 0.2) is 66.7 Å². The van der Waals surface area contributed by atoms with Crippen LogP contribution in [0.3, 0.4) is 0 Å². The largest absolute Gasteiger partial charge is 0.494 e. The number of alkyl halides is 1. The second-order valence-electron chi connectivity index (χ2n) is 9.24. The van der Waals surface area contributed by atoms with E-state index in [1.807, 2.05) is 6.07 Å². The highest BCUT2D eigenvalue weighted by Gasteiger charge is 2.43. The van der Waals surface area contributed by atoms with Crippen molar-refractivity contribution < 1.29 is 32.6 Å². The van der Waals surface area contributed by atoms with E-state index < -0.39 is 36.1 Å². The Hall–Kier alpha value is -4.33. The predicted molar refractivity (Wildman–Crippen MR) is 136 cm³/mol. The van der Waals surface area contributed by atoms with Crippen molar-refractivity contribution in [1.29, 1.82) is 5.26 Å². The molecule has 200 valence electrons. The zero-order valence-electron chi connectivity index (χ0n) is 21.1. The smallest absolute Gasteiger partial charge is 0.261 e. The van der Waals surface area contributed by atoms with Gasteiger partial charge in [0.15, 0.2) is 24.0 Å². The Morgan fingerprint density at radius 1 is 1.05 bits per heavy atom. The number of nitrogens with zero attached hydrogens (tertiary/aromatic N) is 3. The average Bonchev–Trinajstić information content (AvgIpc) is 3.22. The number of fused-ring (bicyclic) bond motifs is 1. The Balaban J connectivity index is 1.27. The van der Waals surface area contributed by atoms with Crippen LogP contribution < -0.4 is 9.64 Å². The van der Waals surface area contributed by atoms with Gasteiger partial charge in [-0.2, -0.15) is 5.26 Å². The monoisotopic (exact) mass is 533 g/mol. The summed E-state index contributed by atoms with van der Waals surface area (Å²) in [5, 5.41) is 9.13. The Bertz CT molecular complexity index is 1380. The standard InChI is InChI=1S/C29H25F2N3O5/c1-37-26-11-8-19(12-24(26)30)14-33(20-9-6-18(13-32)7-10-20)15-25(31)29-38-16-21(17-39-29)34-27(35)22-4-2-3-5-23(22)28(34)36/h2-12,21,25,29H,14-17H2,1H3/t21?,25-,29?/m0/s1. The van der Waals surface area contributed by atoms with E-state index in [0.29, 0.717) is 27.9 Å². The minimum Gasteiger partial charge on any atom is -0.494 e. The quantitative estimate of drug-likeness (QED) is 0.403. The molecule has 0 aromatic heterocycles. The molecule has 0 bridgehead atoms. The molecule has 2 heterocycles. The lowest BCUT2D eigenvalue weighted by Crippen LogP contribution is -2.52. The van der Waals surface area contributed by atoms with Gasteiger partial charge in [-0.15, -0.1) is 0 Å². The number of amides is 2. The van der Waals surface area contributed by atoms with Crippen LogP contribution in [0.1, 0.15) is 31.8 Å². The van der Waals surface area contributed by atoms with E-state index in [9.17, 15) is 14.0 Å². The van der Waals surface area contributed by atoms with E-state index in [4.69, 9.17) is 19.5 Å². The van der Waals surface area contributed by atoms with E-state index in [1.165, 1.54) is 19.2 Å². The lowest BCUT2D eigenvalue weighted by molar-refractivity contribution is -0.221. The SMILES string of the molecule is COc1ccc(CN(C[C@H](F)C2OCC(N3C(=O)c4ccccc4C3=O)CO2)c2ccc(C#N)cc2)cc1F. The van der Waals surface area contributed by atoms with Gasteiger partial charge in [0.1, 0.15) is 0 Å². The van der Waals surface area contributed by atoms with Crippen LogP contribution in [-0.4, -0.2) is 62.1 Å². The fourth-order valence-corrected chi connectivity index (χ4v) is 4.74. The number of rotatable bonds is 8. The molecule has 0 spiro atoms. The number of carbonyl (C=O) groups excluding carboxylic acids is 2. The fraction of sp³-hybridized carbons (Fsp3) is 0.276. The van der Waals surface area contributed by atoms with Crippen molar-refractivity contribution in [1.82, 2.24) is 4.90 Å². The van der Waals surface area contributed by atoms with Crippen LogP contribution in [-0.2, 0) is 16.0 Å². The molecular weight excluding hydrogens is 508 g/mol. The van der Waals surface area contributed by atoms with Gasteiger partial charge in [-0.1, -0.05) is 18.2 Å². The highest BCUT2D eigenvalue weighted by molar-refractivity contribution is 6.21. The molecule has 3 aromatic rings. The van der Waals surface area contributed by atoms with Gasteiger partial charge in [-0.3, -0.25) is 14.5 Å². The third-order valence-electron chi connectivity index (χ3n) is 6.74. The van der Waals surface area contributed by atoms with Crippen molar-refractivity contribution in [2.45, 2.75) is 25.0 Å². The third-order valence-corrected chi connectivity index (χ3v) is 6.74. The maximum Gasteiger partial charge on any atom is 0.261 e. The Morgan fingerprint density at radius 2 is 1.69 bits per heavy atom. The summed E-state index contributed by atoms with van der Waals surface area (Å²) in [6, 6.07) is 19.0. The van der Waals surface area contributed by atoms with Gasteiger partial charge in [-0.25, -0.2) is 8.78 Å². The van der Waals surface area contributed by atoms with Crippen molar-refractivity contribution in [2.24, 2.45) is 0 Å². The number of ether oxygens (including phenoxy) is 3. The molecule has 39 heavy (non-hydrogen) atoms. The minimum atomic E-state index is -1.62. The number of hydrogen-bond acceptors (Lipinski definition) is 7. The molecule has 2 amide bonds. The van der Waals surface area contributed by atoms with E-state index in [0.717, 1.165) is 4.90 Å². The molecule has 1 saturated heterocycles. The number of methoxy groups -OCH3 is 1. The van der Waals surface area contributed by atoms with Crippen LogP contribution in [0.2, 0.25) is 0 Å². The summed E-state index contributed by atoms with van der Waals surface area (Å²) in [5.74, 6) is -1.29. The number of benzene rings is 3. The molecule has 8 nitrogen and oxygen atoms in total. The molecular formula is C29H25F2N3O5. The minimum absolute atomic E-state index is 0.0723. The van der Waals surface area contributed by atoms with Crippen molar-refractivity contribution in [3.8, 4) is 11.8 Å². The molecule has 0 unspecified atom stereocenters. The second kappa shape index (κ2) is 11.2. The maximum absolute atomic E-state index is 15.6. The highest BCUT2D eigenvalue weighted by atomic mass is 19.1. The Morgan fingerprint density at radius 3 is 2.26 bits per heavy atom. The Kier molecular flexibility index (Phi) is 7.54. The van der Waals surface area contributed by atoms with Gasteiger partial charge >= 0.3 is 0 Å². The van der Waals surface area contributed by atoms with Crippen LogP contribution in [0.5, 0.6) is 5.75 Å². The predicted octanol–water partition coefficient (Wildman–Crippen LogP) is 4.09. The van der Waals surface area contributed by atoms with Gasteiger partial charge in [0.25, 0.3) is 11.8 Å². The van der Waals surface area contributed by atoms with Gasteiger partial charge in [0, 0.05) is 12.2 Å². The number of anilines is 1. The Labute approximate surface area is 223 Å². The molecule has 2 aliphatic heterocycles. The van der Waals surface area contributed by atoms with Crippen molar-refractivity contribution in [2.75, 3.05) is 31.8 Å². The third kappa shape index (κ3) is 5.32. The summed E-state index contributed by atoms with van der Waals surface area (Å²) in [4.78, 5) is 28.3. The molecule has 1 atom stereocenters. The van der Waals surface area contributed by atoms with E-state index >= 15 is 4.39 Å². The first kappa shape index (κ1) is 26.3. The first-order chi connectivity index (χ1) is 18.9. The molecule has 0 N–H and O–H groups in total. The molecule has 1 fully saturated rings. The summed E-state index contributed by atoms with van der Waals surface area (Å²) in [6.07, 6.45) is -2.85. The summed E-state index contributed by atoms with van der Waals surface area (Å²) >= 11 is 0. The number of nitriles is 1. The van der Waals surface area contributed by atoms with Gasteiger partial charge < -0.3 is 19.1 Å². The second-order valence-corrected chi connectivity index (χ2v) is 9.24. The van der Waals surface area contributed by atoms with Crippen LogP contribution in [0.4, 0.5) is 14.5 Å². The maximum atomic E-state index is 15.6. The summed E-state index contributed by atoms with van der Waals surface area (Å²) in [5.41, 5.74) is 2.29. The van der Waals surface area contributed by atoms with Crippen molar-refractivity contribution in [3.05, 3.63) is 94.8 Å². The highest BCUT2D eigenvalue weighted by Crippen LogP contribution is 2.28. The molecule has 2 aliphatic rings. The summed E-state index contributed by atoms with van der Waals surface area (Å²) in [7, 11) is 1.37. The average molecular weight is 534 g/mol. The number of carbonyl (C=O) groups is 2. The normalized spacial score (nSPS) is 19.4. The zero-order valence-corrected chi connectivity index (χ0v) is 21.1. The number of halogens is 2. The lowest BCUT2D eigenvalue weighted by atomic mass is 10.1. The molecule has 10 heteroatoms.